The topological polar surface area (TPSA) is 130 Å². The standard InChI is InChI=1S/C20H22F3NO3.C14H13F3O4S.C7H13NO2/c1-26-17-6-5-14-11-16(4-3-15(14)12-17)18(20(21,22)23)24-9-7-13(8-10-24)19(25)27-2;1-20-12-6-5-9-7-11(4-3-10(9)8-12)13(14(15,16)17)21-22(2,18)19;1-10-7(9)6-2-4-8-5-3-6/h3-6,11-13,18H,7-10H2,1-2H3;3-8,13H,1-2H3;6,8H,2-5H2,1H3. The Morgan fingerprint density at radius 2 is 1.07 bits per heavy atom. The zero-order chi connectivity index (χ0) is 43.5. The van der Waals surface area contributed by atoms with Crippen molar-refractivity contribution in [3.05, 3.63) is 83.9 Å². The van der Waals surface area contributed by atoms with Gasteiger partial charge in [-0.2, -0.15) is 34.8 Å². The molecule has 2 unspecified atom stereocenters. The lowest BCUT2D eigenvalue weighted by Gasteiger charge is -2.37. The fourth-order valence-corrected chi connectivity index (χ4v) is 7.51. The van der Waals surface area contributed by atoms with Crippen LogP contribution in [0.5, 0.6) is 11.5 Å². The van der Waals surface area contributed by atoms with Crippen LogP contribution in [0.25, 0.3) is 21.5 Å². The molecule has 0 saturated carbocycles. The number of methoxy groups -OCH3 is 4. The van der Waals surface area contributed by atoms with Gasteiger partial charge in [-0.3, -0.25) is 18.7 Å². The molecule has 11 nitrogen and oxygen atoms in total. The first kappa shape index (κ1) is 47.0. The number of alkyl halides is 6. The van der Waals surface area contributed by atoms with Gasteiger partial charge in [-0.15, -0.1) is 0 Å². The van der Waals surface area contributed by atoms with E-state index in [2.05, 4.69) is 14.2 Å². The summed E-state index contributed by atoms with van der Waals surface area (Å²) in [5.41, 5.74) is -0.0766. The van der Waals surface area contributed by atoms with Crippen LogP contribution in [-0.2, 0) is 33.4 Å². The number of rotatable bonds is 9. The maximum Gasteiger partial charge on any atom is 0.420 e. The van der Waals surface area contributed by atoms with Crippen LogP contribution in [-0.4, -0.2) is 98.5 Å². The van der Waals surface area contributed by atoms with Gasteiger partial charge in [-0.05, 0) is 121 Å². The van der Waals surface area contributed by atoms with Gasteiger partial charge >= 0.3 is 24.3 Å². The van der Waals surface area contributed by atoms with E-state index in [1.807, 2.05) is 0 Å². The third kappa shape index (κ3) is 13.4. The Morgan fingerprint density at radius 1 is 0.644 bits per heavy atom. The highest BCUT2D eigenvalue weighted by molar-refractivity contribution is 7.86. The Labute approximate surface area is 339 Å². The average Bonchev–Trinajstić information content (AvgIpc) is 3.21. The fraction of sp³-hybridized carbons (Fsp3) is 0.463. The number of likely N-dealkylation sites (tertiary alicyclic amines) is 1. The van der Waals surface area contributed by atoms with Crippen molar-refractivity contribution in [2.75, 3.05) is 60.9 Å². The predicted molar refractivity (Wildman–Crippen MR) is 208 cm³/mol. The van der Waals surface area contributed by atoms with Gasteiger partial charge in [0.05, 0.1) is 46.5 Å². The number of carbonyl (C=O) groups excluding carboxylic acids is 2. The van der Waals surface area contributed by atoms with Gasteiger partial charge in [0, 0.05) is 0 Å². The van der Waals surface area contributed by atoms with Crippen molar-refractivity contribution in [3.8, 4) is 11.5 Å². The lowest BCUT2D eigenvalue weighted by Crippen LogP contribution is -2.44. The fourth-order valence-electron chi connectivity index (χ4n) is 6.94. The number of fused-ring (bicyclic) bond motifs is 2. The third-order valence-electron chi connectivity index (χ3n) is 9.94. The number of esters is 2. The van der Waals surface area contributed by atoms with Crippen LogP contribution < -0.4 is 14.8 Å². The van der Waals surface area contributed by atoms with Crippen LogP contribution in [0.4, 0.5) is 26.3 Å². The molecule has 59 heavy (non-hydrogen) atoms. The van der Waals surface area contributed by atoms with E-state index < -0.39 is 34.6 Å². The van der Waals surface area contributed by atoms with Gasteiger partial charge in [-0.1, -0.05) is 36.4 Å². The number of nitrogens with one attached hydrogen (secondary N) is 1. The largest absolute Gasteiger partial charge is 0.497 e. The molecule has 0 amide bonds. The number of benzene rings is 4. The lowest BCUT2D eigenvalue weighted by atomic mass is 9.93. The minimum absolute atomic E-state index is 0.0542. The molecule has 0 aromatic heterocycles. The van der Waals surface area contributed by atoms with Gasteiger partial charge in [0.2, 0.25) is 0 Å². The number of hydrogen-bond acceptors (Lipinski definition) is 11. The molecule has 2 fully saturated rings. The van der Waals surface area contributed by atoms with Gasteiger partial charge in [0.25, 0.3) is 10.1 Å². The summed E-state index contributed by atoms with van der Waals surface area (Å²) in [5.74, 6) is 0.641. The highest BCUT2D eigenvalue weighted by Gasteiger charge is 2.46. The third-order valence-corrected chi connectivity index (χ3v) is 10.5. The number of halogens is 6. The van der Waals surface area contributed by atoms with Crippen LogP contribution in [0.15, 0.2) is 72.8 Å². The summed E-state index contributed by atoms with van der Waals surface area (Å²) in [5, 5.41) is 5.93. The highest BCUT2D eigenvalue weighted by atomic mass is 32.2. The molecule has 324 valence electrons. The normalized spacial score (nSPS) is 16.8. The zero-order valence-corrected chi connectivity index (χ0v) is 34.0. The minimum atomic E-state index is -4.84. The molecule has 2 heterocycles. The smallest absolute Gasteiger partial charge is 0.420 e. The van der Waals surface area contributed by atoms with Gasteiger partial charge in [0.15, 0.2) is 6.10 Å². The van der Waals surface area contributed by atoms with E-state index in [9.17, 15) is 44.3 Å². The summed E-state index contributed by atoms with van der Waals surface area (Å²) < 4.78 is 127. The van der Waals surface area contributed by atoms with Crippen molar-refractivity contribution in [2.45, 2.75) is 50.2 Å². The van der Waals surface area contributed by atoms with Gasteiger partial charge in [0.1, 0.15) is 17.5 Å². The average molecular weight is 859 g/mol. The van der Waals surface area contributed by atoms with Crippen molar-refractivity contribution < 1.29 is 67.5 Å². The first-order chi connectivity index (χ1) is 27.8. The van der Waals surface area contributed by atoms with E-state index >= 15 is 0 Å². The van der Waals surface area contributed by atoms with Gasteiger partial charge < -0.3 is 24.3 Å². The molecule has 1 N–H and O–H groups in total. The van der Waals surface area contributed by atoms with Crippen molar-refractivity contribution in [1.82, 2.24) is 10.2 Å². The number of nitrogens with zero attached hydrogens (tertiary/aromatic N) is 1. The molecule has 2 aliphatic heterocycles. The van der Waals surface area contributed by atoms with E-state index in [4.69, 9.17) is 14.2 Å². The summed E-state index contributed by atoms with van der Waals surface area (Å²) in [6.07, 6.45) is -8.62. The quantitative estimate of drug-likeness (QED) is 0.100. The van der Waals surface area contributed by atoms with Gasteiger partial charge in [-0.25, -0.2) is 0 Å². The first-order valence-electron chi connectivity index (χ1n) is 18.6. The van der Waals surface area contributed by atoms with Crippen molar-refractivity contribution in [3.63, 3.8) is 0 Å². The van der Waals surface area contributed by atoms with E-state index in [1.54, 1.807) is 55.6 Å². The second-order valence-corrected chi connectivity index (χ2v) is 15.6. The molecule has 4 aromatic rings. The molecular weight excluding hydrogens is 811 g/mol. The Balaban J connectivity index is 0.000000215. The van der Waals surface area contributed by atoms with E-state index in [1.165, 1.54) is 50.5 Å². The number of carbonyl (C=O) groups is 2. The SMILES string of the molecule is COC(=O)C1CCN(C(c2ccc3cc(OC)ccc3c2)C(F)(F)F)CC1.COC(=O)C1CCNCC1.COc1ccc2cc(C(OS(C)(=O)=O)C(F)(F)F)ccc2c1. The number of piperidine rings is 2. The molecule has 2 atom stereocenters. The molecule has 0 spiro atoms. The van der Waals surface area contributed by atoms with Crippen molar-refractivity contribution in [2.24, 2.45) is 11.8 Å². The lowest BCUT2D eigenvalue weighted by molar-refractivity contribution is -0.196. The Morgan fingerprint density at radius 3 is 1.49 bits per heavy atom. The second kappa shape index (κ2) is 20.5. The molecular formula is C41H48F6N2O9S. The van der Waals surface area contributed by atoms with Crippen molar-refractivity contribution >= 4 is 43.6 Å². The monoisotopic (exact) mass is 858 g/mol. The van der Waals surface area contributed by atoms with Crippen LogP contribution in [0.3, 0.4) is 0 Å². The highest BCUT2D eigenvalue weighted by Crippen LogP contribution is 2.41. The number of hydrogen-bond donors (Lipinski definition) is 1. The maximum atomic E-state index is 13.9. The summed E-state index contributed by atoms with van der Waals surface area (Å²) in [4.78, 5) is 24.0. The van der Waals surface area contributed by atoms with Crippen molar-refractivity contribution in [1.29, 1.82) is 0 Å². The predicted octanol–water partition coefficient (Wildman–Crippen LogP) is 7.92. The molecule has 0 aliphatic carbocycles. The molecule has 2 saturated heterocycles. The zero-order valence-electron chi connectivity index (χ0n) is 33.2. The minimum Gasteiger partial charge on any atom is -0.497 e. The van der Waals surface area contributed by atoms with E-state index in [0.717, 1.165) is 36.7 Å². The molecule has 0 radical (unpaired) electrons. The number of ether oxygens (including phenoxy) is 4. The Hall–Kier alpha value is -4.65. The summed E-state index contributed by atoms with van der Waals surface area (Å²) in [6.45, 7) is 2.29. The molecule has 18 heteroatoms. The summed E-state index contributed by atoms with van der Waals surface area (Å²) >= 11 is 0. The summed E-state index contributed by atoms with van der Waals surface area (Å²) in [6, 6.07) is 17.1. The molecule has 2 aliphatic rings. The van der Waals surface area contributed by atoms with Crippen LogP contribution in [0, 0.1) is 11.8 Å². The van der Waals surface area contributed by atoms with Crippen LogP contribution in [0.1, 0.15) is 49.0 Å². The second-order valence-electron chi connectivity index (χ2n) is 14.0. The van der Waals surface area contributed by atoms with E-state index in [-0.39, 0.29) is 48.0 Å². The van der Waals surface area contributed by atoms with E-state index in [0.29, 0.717) is 41.4 Å². The summed E-state index contributed by atoms with van der Waals surface area (Å²) in [7, 11) is 1.52. The first-order valence-corrected chi connectivity index (χ1v) is 20.4. The Bertz CT molecular complexity index is 2140. The molecule has 0 bridgehead atoms. The molecule has 4 aromatic carbocycles. The molecule has 6 rings (SSSR count). The van der Waals surface area contributed by atoms with Crippen LogP contribution >= 0.6 is 0 Å². The Kier molecular flexibility index (Phi) is 16.4. The van der Waals surface area contributed by atoms with Crippen LogP contribution in [0.2, 0.25) is 0 Å². The maximum absolute atomic E-state index is 13.9.